The lowest BCUT2D eigenvalue weighted by Crippen LogP contribution is -2.04. The Morgan fingerprint density at radius 2 is 0.852 bits per heavy atom. The molecule has 5 aromatic heterocycles. The molecule has 0 bridgehead atoms. The van der Waals surface area contributed by atoms with Gasteiger partial charge in [0.25, 0.3) is 0 Å². The third-order valence-electron chi connectivity index (χ3n) is 12.7. The average molecular weight is 794 g/mol. The Kier molecular flexibility index (Phi) is 6.65. The van der Waals surface area contributed by atoms with Crippen LogP contribution < -0.4 is 0 Å². The van der Waals surface area contributed by atoms with Crippen LogP contribution in [0.2, 0.25) is 0 Å². The van der Waals surface area contributed by atoms with Crippen molar-refractivity contribution in [2.24, 2.45) is 0 Å². The smallest absolute Gasteiger partial charge is 0.166 e. The van der Waals surface area contributed by atoms with E-state index in [9.17, 15) is 0 Å². The summed E-state index contributed by atoms with van der Waals surface area (Å²) in [5.41, 5.74) is 9.80. The van der Waals surface area contributed by atoms with Crippen molar-refractivity contribution in [1.29, 1.82) is 0 Å². The number of fused-ring (bicyclic) bond motifs is 9. The number of hydrogen-bond acceptors (Lipinski definition) is 4. The maximum atomic E-state index is 5.46. The molecule has 0 saturated heterocycles. The number of thiophene rings is 1. The minimum Gasteiger partial charge on any atom is -0.308 e. The lowest BCUT2D eigenvalue weighted by Gasteiger charge is -2.15. The van der Waals surface area contributed by atoms with Crippen LogP contribution in [0.3, 0.4) is 0 Å². The molecule has 0 aliphatic carbocycles. The van der Waals surface area contributed by atoms with E-state index >= 15 is 0 Å². The summed E-state index contributed by atoms with van der Waals surface area (Å²) in [5.74, 6) is 1.92. The molecule has 5 heterocycles. The lowest BCUT2D eigenvalue weighted by atomic mass is 10.0. The molecular formula is C55H31N5S. The third-order valence-corrected chi connectivity index (χ3v) is 13.9. The predicted molar refractivity (Wildman–Crippen MR) is 256 cm³/mol. The Hall–Kier alpha value is -7.93. The molecule has 0 spiro atoms. The molecule has 0 unspecified atom stereocenters. The van der Waals surface area contributed by atoms with Gasteiger partial charge in [-0.3, -0.25) is 0 Å². The highest BCUT2D eigenvalue weighted by atomic mass is 32.1. The van der Waals surface area contributed by atoms with Gasteiger partial charge in [0.05, 0.1) is 33.3 Å². The van der Waals surface area contributed by atoms with E-state index in [1.54, 1.807) is 11.3 Å². The molecule has 0 aliphatic heterocycles. The van der Waals surface area contributed by atoms with Crippen LogP contribution in [-0.4, -0.2) is 23.9 Å². The second-order valence-corrected chi connectivity index (χ2v) is 17.0. The molecule has 0 amide bonds. The number of para-hydroxylation sites is 3. The van der Waals surface area contributed by atoms with Crippen molar-refractivity contribution in [1.82, 2.24) is 23.9 Å². The fourth-order valence-electron chi connectivity index (χ4n) is 10.2. The summed E-state index contributed by atoms with van der Waals surface area (Å²) in [6, 6.07) is 67.6. The Balaban J connectivity index is 1.10. The van der Waals surface area contributed by atoms with Crippen molar-refractivity contribution in [3.8, 4) is 39.9 Å². The quantitative estimate of drug-likeness (QED) is 0.178. The maximum absolute atomic E-state index is 5.46. The van der Waals surface area contributed by atoms with E-state index in [2.05, 4.69) is 197 Å². The fraction of sp³-hybridized carbons (Fsp3) is 0. The summed E-state index contributed by atoms with van der Waals surface area (Å²) in [5, 5.41) is 12.1. The van der Waals surface area contributed by atoms with Gasteiger partial charge in [0, 0.05) is 63.8 Å². The first-order valence-electron chi connectivity index (χ1n) is 20.6. The van der Waals surface area contributed by atoms with Gasteiger partial charge in [0.2, 0.25) is 0 Å². The summed E-state index contributed by atoms with van der Waals surface area (Å²) < 4.78 is 7.37. The van der Waals surface area contributed by atoms with Crippen LogP contribution in [0.25, 0.3) is 131 Å². The van der Waals surface area contributed by atoms with Gasteiger partial charge in [-0.2, -0.15) is 0 Å². The van der Waals surface area contributed by atoms with E-state index in [1.807, 2.05) is 0 Å². The number of hydrogen-bond donors (Lipinski definition) is 0. The standard InChI is InChI=1S/C55H31N5S/c1-2-16-33-32(14-1)15-9-23-38(33)53-56-54(58-55(57-53)41-24-12-31-48-49(41)40-19-5-8-30-47(40)61-48)39-18-4-7-26-43(39)59-44-27-11-20-35-37-22-10-21-36-34-17-3-6-25-42(34)60(52(36)37)46-29-13-28-45(59)51(46)50(35)44/h1-31H. The molecule has 0 N–H and O–H groups in total. The fourth-order valence-corrected chi connectivity index (χ4v) is 11.4. The molecule has 0 aliphatic rings. The second kappa shape index (κ2) is 12.3. The first-order chi connectivity index (χ1) is 30.3. The summed E-state index contributed by atoms with van der Waals surface area (Å²) in [6.45, 7) is 0. The zero-order valence-electron chi connectivity index (χ0n) is 32.5. The van der Waals surface area contributed by atoms with E-state index in [4.69, 9.17) is 15.0 Å². The van der Waals surface area contributed by atoms with Crippen molar-refractivity contribution in [2.45, 2.75) is 0 Å². The van der Waals surface area contributed by atoms with Gasteiger partial charge in [0.1, 0.15) is 0 Å². The summed E-state index contributed by atoms with van der Waals surface area (Å²) >= 11 is 1.80. The van der Waals surface area contributed by atoms with Crippen molar-refractivity contribution in [3.05, 3.63) is 188 Å². The lowest BCUT2D eigenvalue weighted by molar-refractivity contribution is 1.07. The van der Waals surface area contributed by atoms with E-state index in [-0.39, 0.29) is 0 Å². The Bertz CT molecular complexity index is 4130. The van der Waals surface area contributed by atoms with E-state index in [0.29, 0.717) is 17.5 Å². The zero-order valence-corrected chi connectivity index (χ0v) is 33.4. The molecule has 282 valence electrons. The monoisotopic (exact) mass is 793 g/mol. The number of aromatic nitrogens is 5. The molecule has 14 aromatic rings. The SMILES string of the molecule is c1ccc(-n2c3cccc4c5cccc6c7ccccc7n(c7cccc2c7c43)c56)c(-c2nc(-c3cccc4ccccc34)nc(-c3cccc4sc5ccccc5c34)n2)c1. The van der Waals surface area contributed by atoms with E-state index in [1.165, 1.54) is 69.0 Å². The van der Waals surface area contributed by atoms with Gasteiger partial charge in [-0.25, -0.2) is 15.0 Å². The van der Waals surface area contributed by atoms with Gasteiger partial charge < -0.3 is 8.97 Å². The third kappa shape index (κ3) is 4.51. The normalized spacial score (nSPS) is 12.3. The molecule has 5 nitrogen and oxygen atoms in total. The number of rotatable bonds is 4. The Morgan fingerprint density at radius 3 is 1.75 bits per heavy atom. The largest absolute Gasteiger partial charge is 0.308 e. The average Bonchev–Trinajstić information content (AvgIpc) is 3.96. The molecule has 6 heteroatoms. The summed E-state index contributed by atoms with van der Waals surface area (Å²) in [7, 11) is 0. The molecule has 0 radical (unpaired) electrons. The van der Waals surface area contributed by atoms with E-state index < -0.39 is 0 Å². The summed E-state index contributed by atoms with van der Waals surface area (Å²) in [4.78, 5) is 16.2. The minimum atomic E-state index is 0.623. The topological polar surface area (TPSA) is 48.0 Å². The second-order valence-electron chi connectivity index (χ2n) is 15.9. The van der Waals surface area contributed by atoms with E-state index in [0.717, 1.165) is 44.2 Å². The van der Waals surface area contributed by atoms with Crippen molar-refractivity contribution in [3.63, 3.8) is 0 Å². The molecule has 0 atom stereocenters. The Morgan fingerprint density at radius 1 is 0.328 bits per heavy atom. The first-order valence-corrected chi connectivity index (χ1v) is 21.4. The molecule has 0 fully saturated rings. The highest BCUT2D eigenvalue weighted by molar-refractivity contribution is 7.25. The van der Waals surface area contributed by atoms with Gasteiger partial charge in [-0.1, -0.05) is 140 Å². The Labute approximate surface area is 352 Å². The highest BCUT2D eigenvalue weighted by Crippen LogP contribution is 2.46. The van der Waals surface area contributed by atoms with Crippen LogP contribution in [0.4, 0.5) is 0 Å². The van der Waals surface area contributed by atoms with Crippen LogP contribution in [0.1, 0.15) is 0 Å². The van der Waals surface area contributed by atoms with Crippen LogP contribution >= 0.6 is 11.3 Å². The molecular weight excluding hydrogens is 763 g/mol. The van der Waals surface area contributed by atoms with Crippen LogP contribution in [0.15, 0.2) is 188 Å². The van der Waals surface area contributed by atoms with Crippen LogP contribution in [0, 0.1) is 0 Å². The maximum Gasteiger partial charge on any atom is 0.166 e. The van der Waals surface area contributed by atoms with Crippen molar-refractivity contribution in [2.75, 3.05) is 0 Å². The van der Waals surface area contributed by atoms with Crippen LogP contribution in [-0.2, 0) is 0 Å². The minimum absolute atomic E-state index is 0.623. The van der Waals surface area contributed by atoms with Crippen molar-refractivity contribution < 1.29 is 0 Å². The van der Waals surface area contributed by atoms with Gasteiger partial charge in [0.15, 0.2) is 17.5 Å². The summed E-state index contributed by atoms with van der Waals surface area (Å²) in [6.07, 6.45) is 0. The molecule has 61 heavy (non-hydrogen) atoms. The number of benzene rings is 9. The highest BCUT2D eigenvalue weighted by Gasteiger charge is 2.24. The molecule has 14 rings (SSSR count). The van der Waals surface area contributed by atoms with Crippen molar-refractivity contribution >= 4 is 102 Å². The first kappa shape index (κ1) is 33.0. The van der Waals surface area contributed by atoms with Crippen LogP contribution in [0.5, 0.6) is 0 Å². The zero-order chi connectivity index (χ0) is 39.8. The van der Waals surface area contributed by atoms with Gasteiger partial charge in [-0.15, -0.1) is 11.3 Å². The van der Waals surface area contributed by atoms with Gasteiger partial charge >= 0.3 is 0 Å². The molecule has 0 saturated carbocycles. The predicted octanol–water partition coefficient (Wildman–Crippen LogP) is 14.6. The molecule has 9 aromatic carbocycles. The number of nitrogens with zero attached hydrogens (tertiary/aromatic N) is 5. The van der Waals surface area contributed by atoms with Gasteiger partial charge in [-0.05, 0) is 64.7 Å².